The second-order valence-corrected chi connectivity index (χ2v) is 13.8. The number of aromatic nitrogens is 4. The zero-order chi connectivity index (χ0) is 34.9. The molecule has 0 amide bonds. The maximum atomic E-state index is 5.51. The van der Waals surface area contributed by atoms with Gasteiger partial charge in [-0.15, -0.1) is 0 Å². The van der Waals surface area contributed by atoms with Crippen molar-refractivity contribution in [2.45, 2.75) is 0 Å². The van der Waals surface area contributed by atoms with Gasteiger partial charge in [0.25, 0.3) is 0 Å². The Bertz CT molecular complexity index is 3140. The maximum Gasteiger partial charge on any atom is 0.244 e. The van der Waals surface area contributed by atoms with Crippen molar-refractivity contribution >= 4 is 88.5 Å². The van der Waals surface area contributed by atoms with Gasteiger partial charge in [0.1, 0.15) is 5.82 Å². The molecule has 53 heavy (non-hydrogen) atoms. The van der Waals surface area contributed by atoms with Crippen LogP contribution in [0.15, 0.2) is 188 Å². The summed E-state index contributed by atoms with van der Waals surface area (Å²) in [5.74, 6) is 0.870. The minimum absolute atomic E-state index is 0.00335. The van der Waals surface area contributed by atoms with Crippen LogP contribution in [0, 0.1) is 0 Å². The largest absolute Gasteiger partial charge is 0.309 e. The highest BCUT2D eigenvalue weighted by molar-refractivity contribution is 6.96. The normalized spacial score (nSPS) is 11.8. The molecular formula is C48H31BN4. The summed E-state index contributed by atoms with van der Waals surface area (Å²) >= 11 is 0. The van der Waals surface area contributed by atoms with Crippen molar-refractivity contribution in [2.24, 2.45) is 0 Å². The molecule has 0 unspecified atom stereocenters. The van der Waals surface area contributed by atoms with Gasteiger partial charge in [0.05, 0.1) is 38.8 Å². The van der Waals surface area contributed by atoms with Crippen LogP contribution in [0.4, 0.5) is 0 Å². The zero-order valence-corrected chi connectivity index (χ0v) is 28.8. The number of para-hydroxylation sites is 2. The predicted molar refractivity (Wildman–Crippen MR) is 223 cm³/mol. The highest BCUT2D eigenvalue weighted by Gasteiger charge is 2.25. The third kappa shape index (κ3) is 4.57. The van der Waals surface area contributed by atoms with Crippen LogP contribution in [0.2, 0.25) is 0 Å². The van der Waals surface area contributed by atoms with Crippen molar-refractivity contribution in [1.29, 1.82) is 0 Å². The number of fused-ring (bicyclic) bond motifs is 8. The van der Waals surface area contributed by atoms with Crippen LogP contribution >= 0.6 is 0 Å². The lowest BCUT2D eigenvalue weighted by Gasteiger charge is -2.17. The van der Waals surface area contributed by atoms with Gasteiger partial charge < -0.3 is 4.57 Å². The van der Waals surface area contributed by atoms with Crippen LogP contribution < -0.4 is 16.4 Å². The number of benzene rings is 7. The monoisotopic (exact) mass is 674 g/mol. The smallest absolute Gasteiger partial charge is 0.244 e. The summed E-state index contributed by atoms with van der Waals surface area (Å²) in [5, 5.41) is 7.28. The third-order valence-corrected chi connectivity index (χ3v) is 10.9. The molecule has 0 atom stereocenters. The third-order valence-electron chi connectivity index (χ3n) is 10.9. The number of pyridine rings is 2. The summed E-state index contributed by atoms with van der Waals surface area (Å²) in [7, 11) is 0. The van der Waals surface area contributed by atoms with Crippen LogP contribution in [-0.2, 0) is 0 Å². The molecule has 4 nitrogen and oxygen atoms in total. The summed E-state index contributed by atoms with van der Waals surface area (Å²) in [6.45, 7) is 0.00335. The second-order valence-electron chi connectivity index (χ2n) is 13.8. The van der Waals surface area contributed by atoms with E-state index in [-0.39, 0.29) is 6.71 Å². The van der Waals surface area contributed by atoms with Crippen molar-refractivity contribution in [2.75, 3.05) is 0 Å². The molecular weight excluding hydrogens is 643 g/mol. The van der Waals surface area contributed by atoms with Gasteiger partial charge in [-0.2, -0.15) is 0 Å². The first-order chi connectivity index (χ1) is 26.3. The summed E-state index contributed by atoms with van der Waals surface area (Å²) in [6.07, 6.45) is 1.92. The molecule has 246 valence electrons. The van der Waals surface area contributed by atoms with E-state index in [0.29, 0.717) is 0 Å². The summed E-state index contributed by atoms with van der Waals surface area (Å²) in [4.78, 5) is 10.3. The molecule has 11 aromatic rings. The van der Waals surface area contributed by atoms with E-state index < -0.39 is 0 Å². The molecule has 0 saturated heterocycles. The summed E-state index contributed by atoms with van der Waals surface area (Å²) < 4.78 is 4.78. The SMILES string of the molecule is c1ccc(B(c2ccccc2)c2ccnc3ccc(-n4c5ccccc5c5cc6c(cc54)c4ccccc4n6-c4cccc5ccccc45)nc23)cc1. The fourth-order valence-corrected chi connectivity index (χ4v) is 8.58. The van der Waals surface area contributed by atoms with Gasteiger partial charge in [-0.25, -0.2) is 4.98 Å². The zero-order valence-electron chi connectivity index (χ0n) is 28.8. The summed E-state index contributed by atoms with van der Waals surface area (Å²) in [6, 6.07) is 65.3. The van der Waals surface area contributed by atoms with Crippen molar-refractivity contribution in [1.82, 2.24) is 19.1 Å². The Hall–Kier alpha value is -6.98. The van der Waals surface area contributed by atoms with Gasteiger partial charge in [0.2, 0.25) is 6.71 Å². The molecule has 0 aliphatic carbocycles. The Morgan fingerprint density at radius 2 is 0.981 bits per heavy atom. The van der Waals surface area contributed by atoms with E-state index in [0.717, 1.165) is 33.3 Å². The first kappa shape index (κ1) is 29.7. The quantitative estimate of drug-likeness (QED) is 0.171. The van der Waals surface area contributed by atoms with E-state index in [9.17, 15) is 0 Å². The lowest BCUT2D eigenvalue weighted by Crippen LogP contribution is -2.52. The molecule has 0 N–H and O–H groups in total. The number of hydrogen-bond donors (Lipinski definition) is 0. The van der Waals surface area contributed by atoms with Crippen LogP contribution in [0.5, 0.6) is 0 Å². The Kier molecular flexibility index (Phi) is 6.61. The van der Waals surface area contributed by atoms with Gasteiger partial charge in [-0.3, -0.25) is 9.55 Å². The Morgan fingerprint density at radius 1 is 0.415 bits per heavy atom. The number of hydrogen-bond acceptors (Lipinski definition) is 2. The van der Waals surface area contributed by atoms with E-state index >= 15 is 0 Å². The highest BCUT2D eigenvalue weighted by Crippen LogP contribution is 2.40. The van der Waals surface area contributed by atoms with Gasteiger partial charge in [-0.1, -0.05) is 144 Å². The topological polar surface area (TPSA) is 35.6 Å². The molecule has 0 fully saturated rings. The fourth-order valence-electron chi connectivity index (χ4n) is 8.58. The van der Waals surface area contributed by atoms with Crippen molar-refractivity contribution < 1.29 is 0 Å². The molecule has 7 aromatic carbocycles. The Labute approximate surface area is 306 Å². The van der Waals surface area contributed by atoms with Crippen LogP contribution in [0.1, 0.15) is 0 Å². The Balaban J connectivity index is 1.20. The predicted octanol–water partition coefficient (Wildman–Crippen LogP) is 9.49. The first-order valence-corrected chi connectivity index (χ1v) is 18.1. The number of nitrogens with zero attached hydrogens (tertiary/aromatic N) is 4. The molecule has 11 rings (SSSR count). The molecule has 0 radical (unpaired) electrons. The molecule has 4 aromatic heterocycles. The summed E-state index contributed by atoms with van der Waals surface area (Å²) in [5.41, 5.74) is 11.2. The minimum atomic E-state index is 0.00335. The van der Waals surface area contributed by atoms with E-state index in [4.69, 9.17) is 9.97 Å². The average molecular weight is 675 g/mol. The average Bonchev–Trinajstić information content (AvgIpc) is 3.72. The lowest BCUT2D eigenvalue weighted by molar-refractivity contribution is 1.10. The van der Waals surface area contributed by atoms with Crippen LogP contribution in [0.25, 0.3) is 76.9 Å². The molecule has 4 heterocycles. The molecule has 0 aliphatic rings. The molecule has 0 spiro atoms. The van der Waals surface area contributed by atoms with Crippen LogP contribution in [-0.4, -0.2) is 25.8 Å². The van der Waals surface area contributed by atoms with Gasteiger partial charge >= 0.3 is 0 Å². The van der Waals surface area contributed by atoms with Crippen molar-refractivity contribution in [3.63, 3.8) is 0 Å². The van der Waals surface area contributed by atoms with Gasteiger partial charge in [0, 0.05) is 33.1 Å². The Morgan fingerprint density at radius 3 is 1.68 bits per heavy atom. The minimum Gasteiger partial charge on any atom is -0.309 e. The molecule has 0 aliphatic heterocycles. The second kappa shape index (κ2) is 11.8. The van der Waals surface area contributed by atoms with Crippen molar-refractivity contribution in [3.05, 3.63) is 188 Å². The van der Waals surface area contributed by atoms with Gasteiger partial charge in [0.15, 0.2) is 0 Å². The lowest BCUT2D eigenvalue weighted by atomic mass is 9.36. The van der Waals surface area contributed by atoms with E-state index in [1.54, 1.807) is 0 Å². The van der Waals surface area contributed by atoms with Crippen LogP contribution in [0.3, 0.4) is 0 Å². The van der Waals surface area contributed by atoms with E-state index in [1.165, 1.54) is 60.0 Å². The van der Waals surface area contributed by atoms with E-state index in [2.05, 4.69) is 191 Å². The highest BCUT2D eigenvalue weighted by atomic mass is 15.1. The molecule has 5 heteroatoms. The van der Waals surface area contributed by atoms with Crippen molar-refractivity contribution in [3.8, 4) is 11.5 Å². The molecule has 0 saturated carbocycles. The van der Waals surface area contributed by atoms with E-state index in [1.807, 2.05) is 6.20 Å². The number of rotatable bonds is 5. The molecule has 0 bridgehead atoms. The maximum absolute atomic E-state index is 5.51. The standard InChI is InChI=1S/C48H31BN4/c1-3-16-33(17-4-1)49(34-18-5-2-6-19-34)40-28-29-50-41-26-27-47(51-48(40)41)53-44-24-12-10-22-37(44)39-30-45-38(31-46(39)53)36-21-9-11-23-43(36)52(45)42-25-13-15-32-14-7-8-20-35(32)42/h1-31H. The fraction of sp³-hybridized carbons (Fsp3) is 0. The first-order valence-electron chi connectivity index (χ1n) is 18.1. The van der Waals surface area contributed by atoms with Gasteiger partial charge in [-0.05, 0) is 59.4 Å².